The van der Waals surface area contributed by atoms with Crippen molar-refractivity contribution in [1.82, 2.24) is 4.90 Å². The van der Waals surface area contributed by atoms with Gasteiger partial charge >= 0.3 is 180 Å². The second kappa shape index (κ2) is 9.85. The van der Waals surface area contributed by atoms with E-state index in [1.54, 1.807) is 11.9 Å². The Kier molecular flexibility index (Phi) is 7.32. The van der Waals surface area contributed by atoms with Crippen molar-refractivity contribution in [3.8, 4) is 11.1 Å². The maximum absolute atomic E-state index is 13.4. The number of aliphatic carboxylic acids is 1. The number of rotatable bonds is 3. The fourth-order valence-corrected chi connectivity index (χ4v) is 4.14. The van der Waals surface area contributed by atoms with Gasteiger partial charge < -0.3 is 5.11 Å². The van der Waals surface area contributed by atoms with Gasteiger partial charge in [-0.25, -0.2) is 4.79 Å². The third-order valence-electron chi connectivity index (χ3n) is 5.35. The monoisotopic (exact) mass is 528 g/mol. The van der Waals surface area contributed by atoms with Gasteiger partial charge in [-0.05, 0) is 0 Å². The number of amidine groups is 1. The minimum absolute atomic E-state index is 0.0359. The summed E-state index contributed by atoms with van der Waals surface area (Å²) in [7, 11) is 1.77. The average molecular weight is 528 g/mol. The number of aryl methyl sites for hydroxylation is 1. The first kappa shape index (κ1) is 25.2. The first-order chi connectivity index (χ1) is 16.0. The van der Waals surface area contributed by atoms with E-state index < -0.39 is 17.7 Å². The molecule has 0 aliphatic carbocycles. The number of carboxylic acids is 1. The largest absolute Gasteiger partial charge is 0.490 e. The molecule has 1 N–H and O–H groups in total. The van der Waals surface area contributed by atoms with E-state index in [0.717, 1.165) is 22.3 Å². The van der Waals surface area contributed by atoms with Crippen molar-refractivity contribution in [1.29, 1.82) is 0 Å². The number of carbonyl (C=O) groups is 2. The van der Waals surface area contributed by atoms with E-state index in [9.17, 15) is 18.0 Å². The SMILES string of the molecule is Cc1ccccc1-c1cccc(C2(c3ccccc3)N=C([As])N(C)C2=O)c1.O=C(O)C(F)(F)F. The Balaban J connectivity index is 0.000000406. The van der Waals surface area contributed by atoms with Crippen LogP contribution in [0.3, 0.4) is 0 Å². The summed E-state index contributed by atoms with van der Waals surface area (Å²) in [6, 6.07) is 26.3. The van der Waals surface area contributed by atoms with Crippen LogP contribution in [-0.4, -0.2) is 56.6 Å². The number of carboxylic acid groups (broad SMARTS) is 1. The molecule has 174 valence electrons. The first-order valence-corrected chi connectivity index (χ1v) is 11.0. The van der Waals surface area contributed by atoms with Gasteiger partial charge in [0.1, 0.15) is 0 Å². The zero-order valence-electron chi connectivity index (χ0n) is 18.2. The van der Waals surface area contributed by atoms with E-state index in [4.69, 9.17) is 14.9 Å². The molecule has 5 nitrogen and oxygen atoms in total. The van der Waals surface area contributed by atoms with Gasteiger partial charge in [0.25, 0.3) is 0 Å². The van der Waals surface area contributed by atoms with Crippen LogP contribution in [0.1, 0.15) is 16.7 Å². The fourth-order valence-electron chi connectivity index (χ4n) is 3.64. The molecule has 9 heteroatoms. The molecular formula is C25H20AsF3N2O3. The Morgan fingerprint density at radius 1 is 0.971 bits per heavy atom. The zero-order valence-corrected chi connectivity index (χ0v) is 20.1. The Labute approximate surface area is 203 Å². The molecule has 0 bridgehead atoms. The molecule has 1 atom stereocenters. The molecule has 1 amide bonds. The Morgan fingerprint density at radius 2 is 1.53 bits per heavy atom. The molecule has 1 aliphatic heterocycles. The number of hydrogen-bond donors (Lipinski definition) is 1. The molecule has 1 heterocycles. The van der Waals surface area contributed by atoms with Crippen LogP contribution in [0.2, 0.25) is 0 Å². The molecule has 4 rings (SSSR count). The summed E-state index contributed by atoms with van der Waals surface area (Å²) in [6.45, 7) is 2.10. The van der Waals surface area contributed by atoms with Crippen molar-refractivity contribution in [3.05, 3.63) is 95.6 Å². The molecule has 0 fully saturated rings. The van der Waals surface area contributed by atoms with Crippen molar-refractivity contribution in [3.63, 3.8) is 0 Å². The number of amides is 1. The Hall–Kier alpha value is -3.38. The topological polar surface area (TPSA) is 70.0 Å². The number of carbonyl (C=O) groups excluding carboxylic acids is 1. The standard InChI is InChI=1S/C23H19AsN2O.C2HF3O2/c1-16-9-6-7-14-20(16)17-10-8-13-19(15-17)23(18-11-4-3-5-12-18)21(27)26(2)22(24)25-23;3-2(4,5)1(6)7/h3-15H,1-2H3;(H,6,7). The van der Waals surface area contributed by atoms with Gasteiger partial charge in [0, 0.05) is 0 Å². The van der Waals surface area contributed by atoms with Gasteiger partial charge in [-0.3, -0.25) is 0 Å². The molecule has 0 spiro atoms. The summed E-state index contributed by atoms with van der Waals surface area (Å²) < 4.78 is 32.4. The first-order valence-electron chi connectivity index (χ1n) is 10.1. The summed E-state index contributed by atoms with van der Waals surface area (Å²) in [5.74, 6) is -2.79. The molecule has 1 aliphatic rings. The maximum Gasteiger partial charge on any atom is 0.490 e. The van der Waals surface area contributed by atoms with Crippen LogP contribution in [0, 0.1) is 6.92 Å². The van der Waals surface area contributed by atoms with Gasteiger partial charge in [-0.1, -0.05) is 0 Å². The van der Waals surface area contributed by atoms with Crippen LogP contribution in [-0.2, 0) is 15.1 Å². The molecular weight excluding hydrogens is 508 g/mol. The van der Waals surface area contributed by atoms with Crippen LogP contribution in [0.5, 0.6) is 0 Å². The second-order valence-electron chi connectivity index (χ2n) is 7.55. The van der Waals surface area contributed by atoms with Crippen molar-refractivity contribution in [2.75, 3.05) is 7.05 Å². The van der Waals surface area contributed by atoms with Gasteiger partial charge in [0.05, 0.1) is 0 Å². The Morgan fingerprint density at radius 3 is 2.06 bits per heavy atom. The maximum atomic E-state index is 13.4. The van der Waals surface area contributed by atoms with Crippen LogP contribution in [0.25, 0.3) is 11.1 Å². The molecule has 0 aromatic heterocycles. The van der Waals surface area contributed by atoms with E-state index in [1.165, 1.54) is 5.56 Å². The summed E-state index contributed by atoms with van der Waals surface area (Å²) in [5, 5.41) is 7.12. The molecule has 1 unspecified atom stereocenters. The molecule has 3 aromatic rings. The van der Waals surface area contributed by atoms with E-state index in [-0.39, 0.29) is 5.91 Å². The molecule has 0 saturated heterocycles. The quantitative estimate of drug-likeness (QED) is 0.508. The van der Waals surface area contributed by atoms with Crippen LogP contribution >= 0.6 is 0 Å². The third kappa shape index (κ3) is 4.92. The van der Waals surface area contributed by atoms with Crippen molar-refractivity contribution in [2.45, 2.75) is 18.6 Å². The van der Waals surface area contributed by atoms with Crippen LogP contribution in [0.4, 0.5) is 13.2 Å². The van der Waals surface area contributed by atoms with Gasteiger partial charge in [0.15, 0.2) is 0 Å². The summed E-state index contributed by atoms with van der Waals surface area (Å²) in [5.41, 5.74) is 4.17. The number of likely N-dealkylation sites (N-methyl/N-ethyl adjacent to an activating group) is 1. The van der Waals surface area contributed by atoms with Crippen molar-refractivity contribution < 1.29 is 27.9 Å². The number of alkyl halides is 3. The summed E-state index contributed by atoms with van der Waals surface area (Å²) in [6.07, 6.45) is -5.08. The van der Waals surface area contributed by atoms with Gasteiger partial charge in [-0.15, -0.1) is 0 Å². The van der Waals surface area contributed by atoms with Gasteiger partial charge in [-0.2, -0.15) is 13.2 Å². The fraction of sp³-hybridized carbons (Fsp3) is 0.160. The zero-order chi connectivity index (χ0) is 25.1. The van der Waals surface area contributed by atoms with E-state index in [2.05, 4.69) is 48.0 Å². The van der Waals surface area contributed by atoms with Crippen molar-refractivity contribution in [2.24, 2.45) is 4.99 Å². The number of benzene rings is 3. The van der Waals surface area contributed by atoms with Crippen LogP contribution in [0.15, 0.2) is 83.9 Å². The van der Waals surface area contributed by atoms with Crippen molar-refractivity contribution >= 4 is 33.4 Å². The van der Waals surface area contributed by atoms with Crippen LogP contribution < -0.4 is 0 Å². The van der Waals surface area contributed by atoms with E-state index >= 15 is 0 Å². The summed E-state index contributed by atoms with van der Waals surface area (Å²) >= 11 is 2.40. The van der Waals surface area contributed by atoms with Gasteiger partial charge in [0.2, 0.25) is 0 Å². The van der Waals surface area contributed by atoms with E-state index in [1.807, 2.05) is 54.6 Å². The number of aliphatic imine (C=N–C) groups is 1. The molecule has 2 radical (unpaired) electrons. The Bertz CT molecular complexity index is 1250. The third-order valence-corrected chi connectivity index (χ3v) is 6.19. The molecule has 3 aromatic carbocycles. The number of hydrogen-bond acceptors (Lipinski definition) is 3. The smallest absolute Gasteiger partial charge is 0.475 e. The minimum Gasteiger partial charge on any atom is -0.475 e. The minimum atomic E-state index is -5.08. The number of halogens is 3. The average Bonchev–Trinajstić information content (AvgIpc) is 3.04. The normalized spacial score (nSPS) is 17.6. The predicted molar refractivity (Wildman–Crippen MR) is 123 cm³/mol. The number of nitrogens with zero attached hydrogens (tertiary/aromatic N) is 2. The molecule has 0 saturated carbocycles. The second-order valence-corrected chi connectivity index (χ2v) is 8.39. The predicted octanol–water partition coefficient (Wildman–Crippen LogP) is 4.54. The van der Waals surface area contributed by atoms with E-state index in [0.29, 0.717) is 4.62 Å². The summed E-state index contributed by atoms with van der Waals surface area (Å²) in [4.78, 5) is 28.7. The molecule has 34 heavy (non-hydrogen) atoms.